The Kier molecular flexibility index (Phi) is 6.91. The monoisotopic (exact) mass is 334 g/mol. The number of carbonyl (C=O) groups is 3. The molecule has 0 bridgehead atoms. The number of nitrogens with zero attached hydrogens (tertiary/aromatic N) is 1. The zero-order valence-corrected chi connectivity index (χ0v) is 14.8. The molecule has 132 valence electrons. The van der Waals surface area contributed by atoms with Crippen LogP contribution in [0.3, 0.4) is 0 Å². The summed E-state index contributed by atoms with van der Waals surface area (Å²) in [5.41, 5.74) is 7.61. The van der Waals surface area contributed by atoms with Crippen LogP contribution in [-0.2, 0) is 9.59 Å². The molecule has 0 aliphatic rings. The van der Waals surface area contributed by atoms with Crippen molar-refractivity contribution in [2.24, 2.45) is 11.7 Å². The van der Waals surface area contributed by atoms with Crippen molar-refractivity contribution in [2.75, 3.05) is 26.0 Å². The second-order valence-corrected chi connectivity index (χ2v) is 6.27. The summed E-state index contributed by atoms with van der Waals surface area (Å²) in [5.74, 6) is -0.813. The quantitative estimate of drug-likeness (QED) is 0.713. The smallest absolute Gasteiger partial charge is 0.253 e. The molecule has 0 spiro atoms. The number of anilines is 1. The van der Waals surface area contributed by atoms with Crippen LogP contribution in [0.15, 0.2) is 18.2 Å². The molecule has 0 unspecified atom stereocenters. The van der Waals surface area contributed by atoms with E-state index in [2.05, 4.69) is 10.6 Å². The number of nitrogens with one attached hydrogen (secondary N) is 2. The van der Waals surface area contributed by atoms with Crippen LogP contribution in [0.5, 0.6) is 0 Å². The maximum absolute atomic E-state index is 12.0. The van der Waals surface area contributed by atoms with Crippen LogP contribution < -0.4 is 16.4 Å². The first kappa shape index (κ1) is 19.6. The maximum atomic E-state index is 12.0. The fraction of sp³-hybridized carbons (Fsp3) is 0.471. The fourth-order valence-electron chi connectivity index (χ4n) is 2.02. The number of nitrogens with two attached hydrogens (primary N) is 1. The van der Waals surface area contributed by atoms with Gasteiger partial charge in [0.15, 0.2) is 0 Å². The Morgan fingerprint density at radius 1 is 1.21 bits per heavy atom. The molecule has 0 aliphatic heterocycles. The van der Waals surface area contributed by atoms with Crippen molar-refractivity contribution < 1.29 is 14.4 Å². The number of aryl methyl sites for hydroxylation is 1. The second kappa shape index (κ2) is 8.44. The number of rotatable bonds is 6. The molecule has 0 heterocycles. The molecule has 3 amide bonds. The minimum Gasteiger partial charge on any atom is -0.346 e. The summed E-state index contributed by atoms with van der Waals surface area (Å²) in [7, 11) is 3.37. The molecule has 1 rings (SSSR count). The van der Waals surface area contributed by atoms with E-state index in [4.69, 9.17) is 5.73 Å². The van der Waals surface area contributed by atoms with E-state index in [0.29, 0.717) is 11.3 Å². The highest BCUT2D eigenvalue weighted by molar-refractivity contribution is 5.98. The molecule has 1 atom stereocenters. The van der Waals surface area contributed by atoms with E-state index >= 15 is 0 Å². The van der Waals surface area contributed by atoms with Gasteiger partial charge in [-0.2, -0.15) is 0 Å². The molecular formula is C17H26N4O3. The van der Waals surface area contributed by atoms with E-state index in [-0.39, 0.29) is 30.2 Å². The van der Waals surface area contributed by atoms with Gasteiger partial charge in [-0.25, -0.2) is 0 Å². The van der Waals surface area contributed by atoms with Gasteiger partial charge < -0.3 is 21.3 Å². The van der Waals surface area contributed by atoms with Gasteiger partial charge in [-0.3, -0.25) is 14.4 Å². The molecule has 4 N–H and O–H groups in total. The van der Waals surface area contributed by atoms with E-state index in [1.54, 1.807) is 39.2 Å². The van der Waals surface area contributed by atoms with Crippen molar-refractivity contribution in [1.82, 2.24) is 10.2 Å². The zero-order valence-electron chi connectivity index (χ0n) is 14.8. The molecule has 7 nitrogen and oxygen atoms in total. The van der Waals surface area contributed by atoms with Crippen molar-refractivity contribution in [3.05, 3.63) is 29.3 Å². The Hall–Kier alpha value is -2.41. The third-order valence-electron chi connectivity index (χ3n) is 3.59. The molecule has 7 heteroatoms. The first-order valence-electron chi connectivity index (χ1n) is 7.79. The maximum Gasteiger partial charge on any atom is 0.253 e. The number of amides is 3. The number of benzene rings is 1. The largest absolute Gasteiger partial charge is 0.346 e. The number of hydrogen-bond acceptors (Lipinski definition) is 4. The van der Waals surface area contributed by atoms with Crippen LogP contribution in [0.2, 0.25) is 0 Å². The van der Waals surface area contributed by atoms with E-state index in [9.17, 15) is 14.4 Å². The summed E-state index contributed by atoms with van der Waals surface area (Å²) >= 11 is 0. The lowest BCUT2D eigenvalue weighted by Crippen LogP contribution is -2.46. The highest BCUT2D eigenvalue weighted by atomic mass is 16.2. The number of hydrogen-bond donors (Lipinski definition) is 3. The lowest BCUT2D eigenvalue weighted by atomic mass is 10.1. The molecule has 0 aliphatic carbocycles. The fourth-order valence-corrected chi connectivity index (χ4v) is 2.02. The Morgan fingerprint density at radius 3 is 2.33 bits per heavy atom. The Labute approximate surface area is 142 Å². The molecule has 0 aromatic heterocycles. The third-order valence-corrected chi connectivity index (χ3v) is 3.59. The second-order valence-electron chi connectivity index (χ2n) is 6.27. The van der Waals surface area contributed by atoms with Gasteiger partial charge in [0.05, 0.1) is 12.6 Å². The van der Waals surface area contributed by atoms with Gasteiger partial charge in [0.25, 0.3) is 5.91 Å². The highest BCUT2D eigenvalue weighted by Gasteiger charge is 2.18. The standard InChI is InChI=1S/C17H26N4O3/c1-10(2)15(18)16(23)19-9-14(22)20-12-6-7-13(11(3)8-12)17(24)21(4)5/h6-8,10,15H,9,18H2,1-5H3,(H,19,23)(H,20,22)/t15-/m0/s1. The Balaban J connectivity index is 2.64. The molecule has 1 aromatic rings. The van der Waals surface area contributed by atoms with Gasteiger partial charge in [-0.15, -0.1) is 0 Å². The predicted molar refractivity (Wildman–Crippen MR) is 93.6 cm³/mol. The van der Waals surface area contributed by atoms with E-state index < -0.39 is 6.04 Å². The average molecular weight is 334 g/mol. The SMILES string of the molecule is Cc1cc(NC(=O)CNC(=O)[C@@H](N)C(C)C)ccc1C(=O)N(C)C. The summed E-state index contributed by atoms with van der Waals surface area (Å²) in [4.78, 5) is 37.1. The van der Waals surface area contributed by atoms with Gasteiger partial charge in [-0.05, 0) is 36.6 Å². The first-order chi connectivity index (χ1) is 11.1. The van der Waals surface area contributed by atoms with Crippen LogP contribution in [0.4, 0.5) is 5.69 Å². The molecule has 0 fully saturated rings. The normalized spacial score (nSPS) is 11.8. The van der Waals surface area contributed by atoms with E-state index in [1.165, 1.54) is 4.90 Å². The minimum absolute atomic E-state index is 0.00232. The van der Waals surface area contributed by atoms with E-state index in [0.717, 1.165) is 5.56 Å². The Bertz CT molecular complexity index is 626. The first-order valence-corrected chi connectivity index (χ1v) is 7.79. The van der Waals surface area contributed by atoms with Crippen molar-refractivity contribution in [3.63, 3.8) is 0 Å². The summed E-state index contributed by atoms with van der Waals surface area (Å²) in [5, 5.41) is 5.19. The van der Waals surface area contributed by atoms with Gasteiger partial charge in [0.1, 0.15) is 0 Å². The summed E-state index contributed by atoms with van der Waals surface area (Å²) < 4.78 is 0. The van der Waals surface area contributed by atoms with Crippen LogP contribution >= 0.6 is 0 Å². The van der Waals surface area contributed by atoms with Crippen molar-refractivity contribution in [1.29, 1.82) is 0 Å². The van der Waals surface area contributed by atoms with Gasteiger partial charge >= 0.3 is 0 Å². The molecule has 0 radical (unpaired) electrons. The summed E-state index contributed by atoms with van der Waals surface area (Å²) in [6, 6.07) is 4.40. The van der Waals surface area contributed by atoms with Gasteiger partial charge in [0.2, 0.25) is 11.8 Å². The highest BCUT2D eigenvalue weighted by Crippen LogP contribution is 2.16. The molecular weight excluding hydrogens is 308 g/mol. The van der Waals surface area contributed by atoms with Gasteiger partial charge in [0, 0.05) is 25.3 Å². The summed E-state index contributed by atoms with van der Waals surface area (Å²) in [6.45, 7) is 5.32. The predicted octanol–water partition coefficient (Wildman–Crippen LogP) is 0.735. The van der Waals surface area contributed by atoms with Crippen molar-refractivity contribution in [3.8, 4) is 0 Å². The third kappa shape index (κ3) is 5.34. The Morgan fingerprint density at radius 2 is 1.83 bits per heavy atom. The van der Waals surface area contributed by atoms with Gasteiger partial charge in [-0.1, -0.05) is 13.8 Å². The van der Waals surface area contributed by atoms with Crippen LogP contribution in [0.1, 0.15) is 29.8 Å². The molecule has 0 saturated heterocycles. The average Bonchev–Trinajstić information content (AvgIpc) is 2.51. The number of carbonyl (C=O) groups excluding carboxylic acids is 3. The van der Waals surface area contributed by atoms with Crippen molar-refractivity contribution in [2.45, 2.75) is 26.8 Å². The lowest BCUT2D eigenvalue weighted by Gasteiger charge is -2.16. The molecule has 0 saturated carbocycles. The van der Waals surface area contributed by atoms with E-state index in [1.807, 2.05) is 13.8 Å². The summed E-state index contributed by atoms with van der Waals surface area (Å²) in [6.07, 6.45) is 0. The topological polar surface area (TPSA) is 105 Å². The minimum atomic E-state index is -0.642. The van der Waals surface area contributed by atoms with Crippen molar-refractivity contribution >= 4 is 23.4 Å². The lowest BCUT2D eigenvalue weighted by molar-refractivity contribution is -0.125. The van der Waals surface area contributed by atoms with Crippen LogP contribution in [-0.4, -0.2) is 49.3 Å². The van der Waals surface area contributed by atoms with Crippen LogP contribution in [0, 0.1) is 12.8 Å². The van der Waals surface area contributed by atoms with Crippen LogP contribution in [0.25, 0.3) is 0 Å². The zero-order chi connectivity index (χ0) is 18.4. The molecule has 24 heavy (non-hydrogen) atoms. The molecule has 1 aromatic carbocycles.